The highest BCUT2D eigenvalue weighted by Crippen LogP contribution is 2.25. The molecule has 0 fully saturated rings. The normalized spacial score (nSPS) is 15.7. The Hall–Kier alpha value is -2.91. The highest BCUT2D eigenvalue weighted by molar-refractivity contribution is 6.35. The van der Waals surface area contributed by atoms with Crippen LogP contribution in [0.5, 0.6) is 0 Å². The maximum Gasteiger partial charge on any atom is 0.271 e. The smallest absolute Gasteiger partial charge is 0.271 e. The number of nitrogens with one attached hydrogen (secondary N) is 1. The van der Waals surface area contributed by atoms with Crippen LogP contribution in [-0.2, 0) is 22.7 Å². The first kappa shape index (κ1) is 20.4. The lowest BCUT2D eigenvalue weighted by Crippen LogP contribution is -2.28. The van der Waals surface area contributed by atoms with Crippen LogP contribution in [-0.4, -0.2) is 42.3 Å². The maximum absolute atomic E-state index is 12.6. The van der Waals surface area contributed by atoms with Crippen molar-refractivity contribution in [3.63, 3.8) is 0 Å². The monoisotopic (exact) mass is 447 g/mol. The van der Waals surface area contributed by atoms with E-state index >= 15 is 0 Å². The predicted octanol–water partition coefficient (Wildman–Crippen LogP) is 3.29. The molecule has 3 aromatic rings. The molecule has 1 aromatic carbocycles. The van der Waals surface area contributed by atoms with Crippen LogP contribution in [0.2, 0.25) is 10.0 Å². The SMILES string of the molecule is CCn1cc(C2=NOC(C(=O)Nc3ncn(Cc4c(Cl)cccc4Cl)n3)C2)c(C)n1. The molecule has 9 nitrogen and oxygen atoms in total. The summed E-state index contributed by atoms with van der Waals surface area (Å²) >= 11 is 12.4. The maximum atomic E-state index is 12.6. The molecule has 0 saturated heterocycles. The van der Waals surface area contributed by atoms with Crippen LogP contribution in [0.4, 0.5) is 5.95 Å². The molecule has 11 heteroatoms. The minimum atomic E-state index is -0.755. The zero-order valence-electron chi connectivity index (χ0n) is 16.3. The number of carbonyl (C=O) groups is 1. The van der Waals surface area contributed by atoms with Crippen molar-refractivity contribution in [2.24, 2.45) is 5.16 Å². The van der Waals surface area contributed by atoms with E-state index < -0.39 is 6.10 Å². The molecule has 0 saturated carbocycles. The molecule has 2 aromatic heterocycles. The van der Waals surface area contributed by atoms with Gasteiger partial charge in [-0.15, -0.1) is 5.10 Å². The number of oxime groups is 1. The predicted molar refractivity (Wildman–Crippen MR) is 113 cm³/mol. The van der Waals surface area contributed by atoms with Crippen molar-refractivity contribution in [1.82, 2.24) is 24.5 Å². The molecule has 0 radical (unpaired) electrons. The summed E-state index contributed by atoms with van der Waals surface area (Å²) in [4.78, 5) is 22.0. The number of nitrogens with zero attached hydrogens (tertiary/aromatic N) is 6. The number of carbonyl (C=O) groups excluding carboxylic acids is 1. The minimum absolute atomic E-state index is 0.162. The standard InChI is InChI=1S/C19H19Cl2N7O2/c1-3-27-8-12(11(2)24-27)16-7-17(30-26-16)18(29)23-19-22-10-28(25-19)9-13-14(20)5-4-6-15(13)21/h4-6,8,10,17H,3,7,9H2,1-2H3,(H,23,25,29). The van der Waals surface area contributed by atoms with Gasteiger partial charge in [-0.2, -0.15) is 5.10 Å². The summed E-state index contributed by atoms with van der Waals surface area (Å²) in [5, 5.41) is 16.4. The van der Waals surface area contributed by atoms with Crippen LogP contribution >= 0.6 is 23.2 Å². The van der Waals surface area contributed by atoms with Crippen molar-refractivity contribution >= 4 is 40.8 Å². The Morgan fingerprint density at radius 3 is 2.73 bits per heavy atom. The van der Waals surface area contributed by atoms with E-state index in [1.54, 1.807) is 22.9 Å². The summed E-state index contributed by atoms with van der Waals surface area (Å²) in [7, 11) is 0. The summed E-state index contributed by atoms with van der Waals surface area (Å²) in [5.41, 5.74) is 3.15. The molecule has 1 atom stereocenters. The van der Waals surface area contributed by atoms with Crippen molar-refractivity contribution < 1.29 is 9.63 Å². The number of hydrogen-bond donors (Lipinski definition) is 1. The van der Waals surface area contributed by atoms with Crippen molar-refractivity contribution in [3.05, 3.63) is 57.6 Å². The van der Waals surface area contributed by atoms with Crippen LogP contribution in [0, 0.1) is 6.92 Å². The first-order valence-electron chi connectivity index (χ1n) is 9.35. The Kier molecular flexibility index (Phi) is 5.74. The second-order valence-corrected chi connectivity index (χ2v) is 7.59. The fourth-order valence-corrected chi connectivity index (χ4v) is 3.62. The first-order valence-corrected chi connectivity index (χ1v) is 10.1. The van der Waals surface area contributed by atoms with E-state index in [-0.39, 0.29) is 11.9 Å². The third kappa shape index (κ3) is 4.17. The van der Waals surface area contributed by atoms with Crippen molar-refractivity contribution in [2.75, 3.05) is 5.32 Å². The lowest BCUT2D eigenvalue weighted by molar-refractivity contribution is -0.125. The van der Waals surface area contributed by atoms with E-state index in [0.717, 1.165) is 23.4 Å². The number of aryl methyl sites for hydroxylation is 2. The molecule has 1 amide bonds. The molecule has 30 heavy (non-hydrogen) atoms. The zero-order valence-corrected chi connectivity index (χ0v) is 17.9. The molecule has 0 aliphatic carbocycles. The minimum Gasteiger partial charge on any atom is -0.382 e. The highest BCUT2D eigenvalue weighted by Gasteiger charge is 2.31. The molecule has 1 aliphatic rings. The molecule has 1 unspecified atom stereocenters. The second-order valence-electron chi connectivity index (χ2n) is 6.78. The summed E-state index contributed by atoms with van der Waals surface area (Å²) in [6, 6.07) is 5.28. The molecule has 3 heterocycles. The lowest BCUT2D eigenvalue weighted by atomic mass is 10.1. The molecule has 1 N–H and O–H groups in total. The highest BCUT2D eigenvalue weighted by atomic mass is 35.5. The van der Waals surface area contributed by atoms with Gasteiger partial charge in [0.25, 0.3) is 5.91 Å². The molecular formula is C19H19Cl2N7O2. The van der Waals surface area contributed by atoms with Gasteiger partial charge in [-0.3, -0.25) is 14.8 Å². The number of hydrogen-bond acceptors (Lipinski definition) is 6. The van der Waals surface area contributed by atoms with Gasteiger partial charge >= 0.3 is 0 Å². The third-order valence-electron chi connectivity index (χ3n) is 4.70. The number of anilines is 1. The second kappa shape index (κ2) is 8.45. The summed E-state index contributed by atoms with van der Waals surface area (Å²) in [6.45, 7) is 4.99. The Morgan fingerprint density at radius 2 is 2.03 bits per heavy atom. The van der Waals surface area contributed by atoms with E-state index in [4.69, 9.17) is 28.0 Å². The Morgan fingerprint density at radius 1 is 1.27 bits per heavy atom. The number of aromatic nitrogens is 5. The van der Waals surface area contributed by atoms with Crippen molar-refractivity contribution in [3.8, 4) is 0 Å². The fourth-order valence-electron chi connectivity index (χ4n) is 3.10. The number of benzene rings is 1. The topological polar surface area (TPSA) is 99.2 Å². The largest absolute Gasteiger partial charge is 0.382 e. The third-order valence-corrected chi connectivity index (χ3v) is 5.40. The average Bonchev–Trinajstić information content (AvgIpc) is 3.44. The van der Waals surface area contributed by atoms with E-state index in [2.05, 4.69) is 25.7 Å². The van der Waals surface area contributed by atoms with Gasteiger partial charge in [-0.1, -0.05) is 34.4 Å². The van der Waals surface area contributed by atoms with Crippen molar-refractivity contribution in [1.29, 1.82) is 0 Å². The molecular weight excluding hydrogens is 429 g/mol. The summed E-state index contributed by atoms with van der Waals surface area (Å²) in [6.07, 6.45) is 2.99. The van der Waals surface area contributed by atoms with Gasteiger partial charge in [0.05, 0.1) is 18.0 Å². The quantitative estimate of drug-likeness (QED) is 0.624. The van der Waals surface area contributed by atoms with Gasteiger partial charge in [0.15, 0.2) is 0 Å². The zero-order chi connectivity index (χ0) is 21.3. The van der Waals surface area contributed by atoms with Crippen LogP contribution in [0.25, 0.3) is 0 Å². The van der Waals surface area contributed by atoms with Gasteiger partial charge in [0.1, 0.15) is 6.33 Å². The number of amides is 1. The van der Waals surface area contributed by atoms with Crippen LogP contribution in [0.3, 0.4) is 0 Å². The summed E-state index contributed by atoms with van der Waals surface area (Å²) < 4.78 is 3.37. The molecule has 156 valence electrons. The van der Waals surface area contributed by atoms with E-state index in [0.29, 0.717) is 28.7 Å². The van der Waals surface area contributed by atoms with E-state index in [1.807, 2.05) is 24.7 Å². The number of halogens is 2. The van der Waals surface area contributed by atoms with Gasteiger partial charge in [-0.25, -0.2) is 9.67 Å². The van der Waals surface area contributed by atoms with Gasteiger partial charge < -0.3 is 4.84 Å². The Labute approximate surface area is 182 Å². The van der Waals surface area contributed by atoms with Gasteiger partial charge in [-0.05, 0) is 26.0 Å². The molecule has 0 spiro atoms. The average molecular weight is 448 g/mol. The van der Waals surface area contributed by atoms with Crippen LogP contribution < -0.4 is 5.32 Å². The van der Waals surface area contributed by atoms with Gasteiger partial charge in [0.2, 0.25) is 12.1 Å². The molecule has 0 bridgehead atoms. The van der Waals surface area contributed by atoms with E-state index in [1.165, 1.54) is 6.33 Å². The Balaban J connectivity index is 1.38. The Bertz CT molecular complexity index is 1100. The van der Waals surface area contributed by atoms with E-state index in [9.17, 15) is 4.79 Å². The molecule has 1 aliphatic heterocycles. The molecule has 4 rings (SSSR count). The van der Waals surface area contributed by atoms with Crippen LogP contribution in [0.15, 0.2) is 35.9 Å². The lowest BCUT2D eigenvalue weighted by Gasteiger charge is -2.07. The number of rotatable bonds is 6. The van der Waals surface area contributed by atoms with Crippen LogP contribution in [0.1, 0.15) is 30.2 Å². The summed E-state index contributed by atoms with van der Waals surface area (Å²) in [5.74, 6) is -0.210. The van der Waals surface area contributed by atoms with Gasteiger partial charge in [0, 0.05) is 40.3 Å². The first-order chi connectivity index (χ1) is 14.4. The fraction of sp³-hybridized carbons (Fsp3) is 0.316. The van der Waals surface area contributed by atoms with Crippen molar-refractivity contribution in [2.45, 2.75) is 39.5 Å².